The van der Waals surface area contributed by atoms with Crippen molar-refractivity contribution in [3.8, 4) is 0 Å². The highest BCUT2D eigenvalue weighted by atomic mass is 19.4. The molecule has 0 aliphatic carbocycles. The van der Waals surface area contributed by atoms with E-state index in [1.165, 1.54) is 17.0 Å². The number of anilines is 2. The van der Waals surface area contributed by atoms with Gasteiger partial charge in [0, 0.05) is 25.5 Å². The van der Waals surface area contributed by atoms with E-state index in [0.29, 0.717) is 37.5 Å². The van der Waals surface area contributed by atoms with Crippen molar-refractivity contribution in [2.24, 2.45) is 0 Å². The van der Waals surface area contributed by atoms with Crippen molar-refractivity contribution in [1.82, 2.24) is 9.78 Å². The maximum Gasteiger partial charge on any atom is 0.416 e. The molecule has 6 nitrogen and oxygen atoms in total. The van der Waals surface area contributed by atoms with Crippen LogP contribution in [0.3, 0.4) is 0 Å². The number of ether oxygens (including phenoxy) is 1. The van der Waals surface area contributed by atoms with Gasteiger partial charge < -0.3 is 15.0 Å². The molecule has 2 heterocycles. The summed E-state index contributed by atoms with van der Waals surface area (Å²) < 4.78 is 44.6. The molecule has 26 heavy (non-hydrogen) atoms. The Kier molecular flexibility index (Phi) is 5.17. The third-order valence-corrected chi connectivity index (χ3v) is 4.21. The Morgan fingerprint density at radius 3 is 2.69 bits per heavy atom. The summed E-state index contributed by atoms with van der Waals surface area (Å²) in [7, 11) is 1.61. The van der Waals surface area contributed by atoms with Crippen LogP contribution >= 0.6 is 0 Å². The van der Waals surface area contributed by atoms with E-state index in [1.807, 2.05) is 0 Å². The topological polar surface area (TPSA) is 59.4 Å². The Bertz CT molecular complexity index is 758. The quantitative estimate of drug-likeness (QED) is 0.852. The molecule has 1 N–H and O–H groups in total. The van der Waals surface area contributed by atoms with Gasteiger partial charge in [-0.3, -0.25) is 9.48 Å². The van der Waals surface area contributed by atoms with Crippen molar-refractivity contribution >= 4 is 17.3 Å². The highest BCUT2D eigenvalue weighted by molar-refractivity contribution is 6.01. The zero-order valence-corrected chi connectivity index (χ0v) is 14.2. The van der Waals surface area contributed by atoms with Crippen LogP contribution in [0.2, 0.25) is 0 Å². The summed E-state index contributed by atoms with van der Waals surface area (Å²) in [5.41, 5.74) is 0.447. The summed E-state index contributed by atoms with van der Waals surface area (Å²) in [6, 6.07) is 4.20. The van der Waals surface area contributed by atoms with E-state index in [9.17, 15) is 18.0 Å². The zero-order chi connectivity index (χ0) is 18.7. The van der Waals surface area contributed by atoms with Crippen LogP contribution in [-0.2, 0) is 22.3 Å². The summed E-state index contributed by atoms with van der Waals surface area (Å²) in [5, 5.41) is 7.30. The van der Waals surface area contributed by atoms with E-state index in [1.54, 1.807) is 24.2 Å². The first-order valence-corrected chi connectivity index (χ1v) is 8.15. The first-order chi connectivity index (χ1) is 12.4. The fourth-order valence-electron chi connectivity index (χ4n) is 2.85. The number of nitrogens with one attached hydrogen (secondary N) is 1. The van der Waals surface area contributed by atoms with Crippen LogP contribution in [0.4, 0.5) is 24.5 Å². The number of methoxy groups -OCH3 is 1. The highest BCUT2D eigenvalue weighted by Gasteiger charge is 2.34. The fraction of sp³-hybridized carbons (Fsp3) is 0.412. The van der Waals surface area contributed by atoms with Gasteiger partial charge in [0.15, 0.2) is 0 Å². The summed E-state index contributed by atoms with van der Waals surface area (Å²) in [6.07, 6.45) is -0.416. The second kappa shape index (κ2) is 7.36. The molecule has 3 rings (SSSR count). The number of benzene rings is 1. The summed E-state index contributed by atoms with van der Waals surface area (Å²) >= 11 is 0. The lowest BCUT2D eigenvalue weighted by molar-refractivity contribution is -0.137. The Morgan fingerprint density at radius 1 is 1.31 bits per heavy atom. The molecule has 1 aliphatic heterocycles. The van der Waals surface area contributed by atoms with Gasteiger partial charge in [0.2, 0.25) is 5.91 Å². The molecule has 0 spiro atoms. The molecular formula is C17H19F3N4O2. The fourth-order valence-corrected chi connectivity index (χ4v) is 2.85. The van der Waals surface area contributed by atoms with Crippen molar-refractivity contribution < 1.29 is 22.7 Å². The van der Waals surface area contributed by atoms with Crippen molar-refractivity contribution in [3.63, 3.8) is 0 Å². The second-order valence-corrected chi connectivity index (χ2v) is 6.00. The average Bonchev–Trinajstić information content (AvgIpc) is 3.20. The third kappa shape index (κ3) is 3.98. The van der Waals surface area contributed by atoms with Gasteiger partial charge in [-0.15, -0.1) is 0 Å². The number of nitrogens with zero attached hydrogens (tertiary/aromatic N) is 3. The lowest BCUT2D eigenvalue weighted by atomic mass is 10.2. The minimum Gasteiger partial charge on any atom is -0.383 e. The Hall–Kier alpha value is -2.55. The molecule has 1 unspecified atom stereocenters. The largest absolute Gasteiger partial charge is 0.416 e. The molecule has 1 saturated heterocycles. The van der Waals surface area contributed by atoms with E-state index in [-0.39, 0.29) is 5.91 Å². The van der Waals surface area contributed by atoms with Crippen molar-refractivity contribution in [3.05, 3.63) is 42.2 Å². The van der Waals surface area contributed by atoms with Gasteiger partial charge in [0.1, 0.15) is 6.04 Å². The molecule has 0 radical (unpaired) electrons. The highest BCUT2D eigenvalue weighted by Crippen LogP contribution is 2.31. The molecule has 0 saturated carbocycles. The zero-order valence-electron chi connectivity index (χ0n) is 14.2. The maximum atomic E-state index is 12.7. The van der Waals surface area contributed by atoms with Crippen LogP contribution in [0, 0.1) is 0 Å². The lowest BCUT2D eigenvalue weighted by Gasteiger charge is -2.18. The Labute approximate surface area is 148 Å². The molecule has 1 aromatic carbocycles. The molecular weight excluding hydrogens is 349 g/mol. The van der Waals surface area contributed by atoms with Gasteiger partial charge in [-0.1, -0.05) is 0 Å². The molecule has 1 amide bonds. The van der Waals surface area contributed by atoms with Crippen LogP contribution in [0.25, 0.3) is 0 Å². The van der Waals surface area contributed by atoms with E-state index in [0.717, 1.165) is 12.1 Å². The SMILES string of the molecule is COCCn1cc(NC2CCN(c3ccc(C(F)(F)F)cc3)C2=O)cn1. The summed E-state index contributed by atoms with van der Waals surface area (Å²) in [4.78, 5) is 14.1. The molecule has 1 aromatic heterocycles. The number of aromatic nitrogens is 2. The van der Waals surface area contributed by atoms with Gasteiger partial charge >= 0.3 is 6.18 Å². The number of rotatable bonds is 6. The number of carbonyl (C=O) groups excluding carboxylic acids is 1. The average molecular weight is 368 g/mol. The monoisotopic (exact) mass is 368 g/mol. The predicted octanol–water partition coefficient (Wildman–Crippen LogP) is 2.77. The normalized spacial score (nSPS) is 17.8. The van der Waals surface area contributed by atoms with Crippen molar-refractivity contribution in [2.45, 2.75) is 25.2 Å². The molecule has 2 aromatic rings. The number of carbonyl (C=O) groups is 1. The first-order valence-electron chi connectivity index (χ1n) is 8.15. The summed E-state index contributed by atoms with van der Waals surface area (Å²) in [5.74, 6) is -0.172. The first kappa shape index (κ1) is 18.2. The van der Waals surface area contributed by atoms with Crippen LogP contribution < -0.4 is 10.2 Å². The molecule has 1 fully saturated rings. The lowest BCUT2D eigenvalue weighted by Crippen LogP contribution is -2.33. The van der Waals surface area contributed by atoms with E-state index < -0.39 is 17.8 Å². The smallest absolute Gasteiger partial charge is 0.383 e. The van der Waals surface area contributed by atoms with Crippen molar-refractivity contribution in [2.75, 3.05) is 30.5 Å². The minimum atomic E-state index is -4.39. The van der Waals surface area contributed by atoms with Crippen LogP contribution in [0.1, 0.15) is 12.0 Å². The molecule has 9 heteroatoms. The van der Waals surface area contributed by atoms with Crippen LogP contribution in [-0.4, -0.2) is 42.0 Å². The summed E-state index contributed by atoms with van der Waals surface area (Å²) in [6.45, 7) is 1.58. The molecule has 1 aliphatic rings. The number of alkyl halides is 3. The Balaban J connectivity index is 1.63. The van der Waals surface area contributed by atoms with E-state index in [2.05, 4.69) is 10.4 Å². The maximum absolute atomic E-state index is 12.7. The molecule has 0 bridgehead atoms. The molecule has 1 atom stereocenters. The van der Waals surface area contributed by atoms with Gasteiger partial charge in [0.05, 0.1) is 30.6 Å². The predicted molar refractivity (Wildman–Crippen MR) is 89.9 cm³/mol. The van der Waals surface area contributed by atoms with E-state index in [4.69, 9.17) is 4.74 Å². The third-order valence-electron chi connectivity index (χ3n) is 4.21. The van der Waals surface area contributed by atoms with Crippen LogP contribution in [0.5, 0.6) is 0 Å². The number of halogens is 3. The number of amides is 1. The second-order valence-electron chi connectivity index (χ2n) is 6.00. The minimum absolute atomic E-state index is 0.172. The Morgan fingerprint density at radius 2 is 2.04 bits per heavy atom. The van der Waals surface area contributed by atoms with Crippen molar-refractivity contribution in [1.29, 1.82) is 0 Å². The van der Waals surface area contributed by atoms with Crippen LogP contribution in [0.15, 0.2) is 36.7 Å². The van der Waals surface area contributed by atoms with Gasteiger partial charge in [-0.05, 0) is 30.7 Å². The van der Waals surface area contributed by atoms with E-state index >= 15 is 0 Å². The van der Waals surface area contributed by atoms with Gasteiger partial charge in [0.25, 0.3) is 0 Å². The standard InChI is InChI=1S/C17H19F3N4O2/c1-26-9-8-23-11-13(10-21-23)22-15-6-7-24(16(15)25)14-4-2-12(3-5-14)17(18,19)20/h2-5,10-11,15,22H,6-9H2,1H3. The number of hydrogen-bond donors (Lipinski definition) is 1. The number of hydrogen-bond acceptors (Lipinski definition) is 4. The van der Waals surface area contributed by atoms with Gasteiger partial charge in [-0.2, -0.15) is 18.3 Å². The van der Waals surface area contributed by atoms with Gasteiger partial charge in [-0.25, -0.2) is 0 Å². The molecule has 140 valence electrons.